The summed E-state index contributed by atoms with van der Waals surface area (Å²) in [4.78, 5) is 2.28. The molecule has 2 aliphatic heterocycles. The second-order valence-electron chi connectivity index (χ2n) is 9.44. The highest BCUT2D eigenvalue weighted by Crippen LogP contribution is 2.45. The van der Waals surface area contributed by atoms with E-state index in [9.17, 15) is 15.5 Å². The minimum Gasteiger partial charge on any atom is -0.504 e. The molecule has 2 heterocycles. The van der Waals surface area contributed by atoms with Crippen molar-refractivity contribution in [1.82, 2.24) is 4.90 Å². The molecular weight excluding hydrogens is 494 g/mol. The maximum absolute atomic E-state index is 10.2. The van der Waals surface area contributed by atoms with Gasteiger partial charge >= 0.3 is 0 Å². The molecule has 0 radical (unpaired) electrons. The SMILES string of the molecule is COc1cc(/C=C2\CN(Cc3ccccc3)CC3=C2OC(N)=C(C#N)C3c2ccc(O)c(OC)c2)ccc1O. The molecule has 0 amide bonds. The maximum Gasteiger partial charge on any atom is 0.205 e. The zero-order valence-corrected chi connectivity index (χ0v) is 21.7. The third-order valence-corrected chi connectivity index (χ3v) is 6.94. The molecule has 3 aromatic rings. The van der Waals surface area contributed by atoms with E-state index < -0.39 is 5.92 Å². The van der Waals surface area contributed by atoms with E-state index in [-0.39, 0.29) is 17.4 Å². The van der Waals surface area contributed by atoms with Crippen LogP contribution in [0.15, 0.2) is 95.1 Å². The molecule has 2 aliphatic rings. The number of nitrogens with zero attached hydrogens (tertiary/aromatic N) is 2. The van der Waals surface area contributed by atoms with Crippen LogP contribution in [-0.2, 0) is 11.3 Å². The van der Waals surface area contributed by atoms with E-state index >= 15 is 0 Å². The molecule has 0 saturated carbocycles. The Morgan fingerprint density at radius 2 is 1.69 bits per heavy atom. The monoisotopic (exact) mass is 523 g/mol. The lowest BCUT2D eigenvalue weighted by atomic mass is 9.80. The average molecular weight is 524 g/mol. The van der Waals surface area contributed by atoms with E-state index in [0.717, 1.165) is 27.8 Å². The van der Waals surface area contributed by atoms with Crippen molar-refractivity contribution in [2.45, 2.75) is 12.5 Å². The van der Waals surface area contributed by atoms with Crippen LogP contribution in [-0.4, -0.2) is 42.4 Å². The second kappa shape index (κ2) is 10.9. The number of ether oxygens (including phenoxy) is 3. The minimum absolute atomic E-state index is 0.00850. The maximum atomic E-state index is 10.2. The predicted molar refractivity (Wildman–Crippen MR) is 147 cm³/mol. The molecule has 0 spiro atoms. The summed E-state index contributed by atoms with van der Waals surface area (Å²) in [6.07, 6.45) is 1.98. The van der Waals surface area contributed by atoms with Crippen LogP contribution in [0.2, 0.25) is 0 Å². The number of nitrogens with two attached hydrogens (primary N) is 1. The van der Waals surface area contributed by atoms with Crippen molar-refractivity contribution in [3.63, 3.8) is 0 Å². The summed E-state index contributed by atoms with van der Waals surface area (Å²) in [6.45, 7) is 1.78. The van der Waals surface area contributed by atoms with Gasteiger partial charge in [-0.05, 0) is 52.6 Å². The lowest BCUT2D eigenvalue weighted by Crippen LogP contribution is -2.37. The number of nitriles is 1. The standard InChI is InChI=1S/C31H29N3O5/c1-37-27-13-20(8-10-25(27)35)12-22-17-34(16-19-6-4-3-5-7-19)18-24-29(23(15-32)31(33)39-30(22)24)21-9-11-26(36)28(14-21)38-2/h3-14,29,35-36H,16-18,33H2,1-2H3/b22-12+. The molecule has 198 valence electrons. The van der Waals surface area contributed by atoms with Crippen molar-refractivity contribution in [3.8, 4) is 29.1 Å². The van der Waals surface area contributed by atoms with Gasteiger partial charge < -0.3 is 30.2 Å². The zero-order valence-electron chi connectivity index (χ0n) is 21.7. The van der Waals surface area contributed by atoms with Gasteiger partial charge in [-0.15, -0.1) is 0 Å². The largest absolute Gasteiger partial charge is 0.504 e. The molecule has 0 fully saturated rings. The molecule has 39 heavy (non-hydrogen) atoms. The Balaban J connectivity index is 1.66. The lowest BCUT2D eigenvalue weighted by Gasteiger charge is -2.38. The topological polar surface area (TPSA) is 121 Å². The van der Waals surface area contributed by atoms with Gasteiger partial charge in [-0.25, -0.2) is 0 Å². The molecule has 1 atom stereocenters. The van der Waals surface area contributed by atoms with Crippen LogP contribution in [0.5, 0.6) is 23.0 Å². The summed E-state index contributed by atoms with van der Waals surface area (Å²) in [7, 11) is 2.99. The molecule has 8 heteroatoms. The van der Waals surface area contributed by atoms with Gasteiger partial charge in [-0.3, -0.25) is 4.90 Å². The fourth-order valence-electron chi connectivity index (χ4n) is 5.13. The Kier molecular flexibility index (Phi) is 7.17. The molecule has 0 saturated heterocycles. The molecule has 0 aliphatic carbocycles. The molecule has 4 N–H and O–H groups in total. The second-order valence-corrected chi connectivity index (χ2v) is 9.44. The smallest absolute Gasteiger partial charge is 0.205 e. The molecule has 0 aromatic heterocycles. The molecule has 3 aromatic carbocycles. The van der Waals surface area contributed by atoms with Crippen molar-refractivity contribution in [1.29, 1.82) is 5.26 Å². The number of phenols is 2. The van der Waals surface area contributed by atoms with Crippen LogP contribution in [0.25, 0.3) is 6.08 Å². The van der Waals surface area contributed by atoms with Gasteiger partial charge in [-0.2, -0.15) is 5.26 Å². The van der Waals surface area contributed by atoms with Gasteiger partial charge in [0.2, 0.25) is 5.88 Å². The van der Waals surface area contributed by atoms with Gasteiger partial charge in [0.15, 0.2) is 23.0 Å². The summed E-state index contributed by atoms with van der Waals surface area (Å²) in [5.41, 5.74) is 11.1. The zero-order chi connectivity index (χ0) is 27.5. The normalized spacial score (nSPS) is 18.4. The third kappa shape index (κ3) is 5.13. The number of hydrogen-bond donors (Lipinski definition) is 3. The Morgan fingerprint density at radius 1 is 1.00 bits per heavy atom. The Morgan fingerprint density at radius 3 is 2.38 bits per heavy atom. The highest BCUT2D eigenvalue weighted by molar-refractivity contribution is 5.65. The first-order valence-corrected chi connectivity index (χ1v) is 12.4. The summed E-state index contributed by atoms with van der Waals surface area (Å²) in [5, 5.41) is 30.4. The van der Waals surface area contributed by atoms with Gasteiger partial charge in [0.1, 0.15) is 17.4 Å². The van der Waals surface area contributed by atoms with Gasteiger partial charge in [-0.1, -0.05) is 42.5 Å². The molecule has 0 bridgehead atoms. The number of hydrogen-bond acceptors (Lipinski definition) is 8. The van der Waals surface area contributed by atoms with E-state index in [4.69, 9.17) is 19.9 Å². The van der Waals surface area contributed by atoms with Crippen molar-refractivity contribution in [3.05, 3.63) is 112 Å². The summed E-state index contributed by atoms with van der Waals surface area (Å²) in [5.74, 6) is 0.883. The number of phenolic OH excluding ortho intramolecular Hbond substituents is 2. The number of benzene rings is 3. The van der Waals surface area contributed by atoms with Crippen LogP contribution < -0.4 is 15.2 Å². The van der Waals surface area contributed by atoms with Crippen LogP contribution in [0.4, 0.5) is 0 Å². The minimum atomic E-state index is -0.496. The molecule has 8 nitrogen and oxygen atoms in total. The molecule has 1 unspecified atom stereocenters. The van der Waals surface area contributed by atoms with Crippen LogP contribution >= 0.6 is 0 Å². The van der Waals surface area contributed by atoms with E-state index in [1.165, 1.54) is 14.2 Å². The molecular formula is C31H29N3O5. The third-order valence-electron chi connectivity index (χ3n) is 6.94. The fraction of sp³-hybridized carbons (Fsp3) is 0.194. The van der Waals surface area contributed by atoms with E-state index in [2.05, 4.69) is 23.1 Å². The summed E-state index contributed by atoms with van der Waals surface area (Å²) < 4.78 is 16.8. The van der Waals surface area contributed by atoms with Crippen LogP contribution in [0, 0.1) is 11.3 Å². The van der Waals surface area contributed by atoms with Crippen LogP contribution in [0.3, 0.4) is 0 Å². The lowest BCUT2D eigenvalue weighted by molar-refractivity contribution is 0.230. The number of rotatable bonds is 6. The highest BCUT2D eigenvalue weighted by atomic mass is 16.5. The van der Waals surface area contributed by atoms with Gasteiger partial charge in [0, 0.05) is 25.2 Å². The first-order chi connectivity index (χ1) is 18.9. The van der Waals surface area contributed by atoms with Gasteiger partial charge in [0.25, 0.3) is 0 Å². The highest BCUT2D eigenvalue weighted by Gasteiger charge is 2.38. The first kappa shape index (κ1) is 25.8. The van der Waals surface area contributed by atoms with Crippen molar-refractivity contribution in [2.24, 2.45) is 5.73 Å². The fourth-order valence-corrected chi connectivity index (χ4v) is 5.13. The quantitative estimate of drug-likeness (QED) is 0.422. The van der Waals surface area contributed by atoms with Crippen molar-refractivity contribution < 1.29 is 24.4 Å². The Labute approximate surface area is 227 Å². The van der Waals surface area contributed by atoms with Crippen LogP contribution in [0.1, 0.15) is 22.6 Å². The summed E-state index contributed by atoms with van der Waals surface area (Å²) >= 11 is 0. The Hall–Kier alpha value is -4.87. The van der Waals surface area contributed by atoms with Gasteiger partial charge in [0.05, 0.1) is 20.1 Å². The number of allylic oxidation sites excluding steroid dienone is 1. The number of aromatic hydroxyl groups is 2. The predicted octanol–water partition coefficient (Wildman–Crippen LogP) is 4.78. The molecule has 5 rings (SSSR count). The Bertz CT molecular complexity index is 1540. The van der Waals surface area contributed by atoms with E-state index in [0.29, 0.717) is 42.5 Å². The summed E-state index contributed by atoms with van der Waals surface area (Å²) in [6, 6.07) is 22.6. The first-order valence-electron chi connectivity index (χ1n) is 12.4. The van der Waals surface area contributed by atoms with Crippen molar-refractivity contribution in [2.75, 3.05) is 27.3 Å². The van der Waals surface area contributed by atoms with Crippen molar-refractivity contribution >= 4 is 6.08 Å². The van der Waals surface area contributed by atoms with E-state index in [1.54, 1.807) is 36.4 Å². The number of methoxy groups -OCH3 is 2. The van der Waals surface area contributed by atoms with E-state index in [1.807, 2.05) is 24.3 Å². The average Bonchev–Trinajstić information content (AvgIpc) is 2.94.